The number of hydrogen-bond acceptors (Lipinski definition) is 2. The molecule has 0 spiro atoms. The fourth-order valence-electron chi connectivity index (χ4n) is 3.37. The van der Waals surface area contributed by atoms with Gasteiger partial charge in [0.1, 0.15) is 0 Å². The van der Waals surface area contributed by atoms with Crippen molar-refractivity contribution in [3.8, 4) is 0 Å². The summed E-state index contributed by atoms with van der Waals surface area (Å²) in [6.07, 6.45) is 5.34. The van der Waals surface area contributed by atoms with Crippen molar-refractivity contribution >= 4 is 39.9 Å². The van der Waals surface area contributed by atoms with Gasteiger partial charge in [-0.1, -0.05) is 11.6 Å². The second kappa shape index (κ2) is 6.84. The van der Waals surface area contributed by atoms with Crippen LogP contribution >= 0.6 is 11.6 Å². The average Bonchev–Trinajstić information content (AvgIpc) is 3.22. The normalized spacial score (nSPS) is 17.1. The second-order valence-electron chi connectivity index (χ2n) is 6.77. The number of amides is 2. The molecule has 27 heavy (non-hydrogen) atoms. The first-order valence-corrected chi connectivity index (χ1v) is 9.04. The number of nitrogens with one attached hydrogen (secondary N) is 3. The Morgan fingerprint density at radius 1 is 1.30 bits per heavy atom. The van der Waals surface area contributed by atoms with Gasteiger partial charge in [0, 0.05) is 41.2 Å². The standard InChI is InChI=1S/C18H18ClF2N5O/c19-11-1-2-15-14(7-11)16(9-22-15)25-17(27)24-12-8-23-26(10-12)13-3-5-18(20,21)6-4-13/h1-2,7-10,13,22H,3-6H2,(H2,24,25,27). The van der Waals surface area contributed by atoms with Gasteiger partial charge >= 0.3 is 6.03 Å². The summed E-state index contributed by atoms with van der Waals surface area (Å²) in [5.41, 5.74) is 1.96. The zero-order chi connectivity index (χ0) is 19.0. The lowest BCUT2D eigenvalue weighted by molar-refractivity contribution is -0.0449. The van der Waals surface area contributed by atoms with E-state index in [0.717, 1.165) is 10.9 Å². The maximum Gasteiger partial charge on any atom is 0.323 e. The third kappa shape index (κ3) is 3.90. The molecular formula is C18H18ClF2N5O. The summed E-state index contributed by atoms with van der Waals surface area (Å²) in [5, 5.41) is 11.1. The number of urea groups is 1. The first-order valence-electron chi connectivity index (χ1n) is 8.66. The Balaban J connectivity index is 1.40. The number of carbonyl (C=O) groups excluding carboxylic acids is 1. The molecule has 2 aromatic heterocycles. The first kappa shape index (κ1) is 17.8. The van der Waals surface area contributed by atoms with Gasteiger partial charge in [0.2, 0.25) is 5.92 Å². The van der Waals surface area contributed by atoms with Crippen LogP contribution in [0.4, 0.5) is 25.0 Å². The molecule has 2 heterocycles. The number of alkyl halides is 2. The molecule has 9 heteroatoms. The third-order valence-electron chi connectivity index (χ3n) is 4.81. The van der Waals surface area contributed by atoms with Crippen LogP contribution in [0.2, 0.25) is 5.02 Å². The van der Waals surface area contributed by atoms with Crippen molar-refractivity contribution in [1.29, 1.82) is 0 Å². The summed E-state index contributed by atoms with van der Waals surface area (Å²) in [6, 6.07) is 4.86. The fraction of sp³-hybridized carbons (Fsp3) is 0.333. The van der Waals surface area contributed by atoms with Crippen LogP contribution in [0.15, 0.2) is 36.8 Å². The monoisotopic (exact) mass is 393 g/mol. The number of halogens is 3. The van der Waals surface area contributed by atoms with Crippen LogP contribution in [-0.2, 0) is 0 Å². The van der Waals surface area contributed by atoms with E-state index >= 15 is 0 Å². The highest BCUT2D eigenvalue weighted by molar-refractivity contribution is 6.31. The minimum atomic E-state index is -2.58. The highest BCUT2D eigenvalue weighted by Gasteiger charge is 2.35. The first-order chi connectivity index (χ1) is 12.9. The summed E-state index contributed by atoms with van der Waals surface area (Å²) in [6.45, 7) is 0. The molecule has 3 N–H and O–H groups in total. The Morgan fingerprint density at radius 2 is 2.07 bits per heavy atom. The number of nitrogens with zero attached hydrogens (tertiary/aromatic N) is 2. The van der Waals surface area contributed by atoms with Gasteiger partial charge < -0.3 is 15.6 Å². The number of anilines is 2. The summed E-state index contributed by atoms with van der Waals surface area (Å²) >= 11 is 6.01. The summed E-state index contributed by atoms with van der Waals surface area (Å²) < 4.78 is 28.2. The van der Waals surface area contributed by atoms with Gasteiger partial charge in [0.15, 0.2) is 0 Å². The minimum Gasteiger partial charge on any atom is -0.359 e. The number of carbonyl (C=O) groups is 1. The zero-order valence-corrected chi connectivity index (χ0v) is 15.1. The molecule has 4 rings (SSSR count). The Hall–Kier alpha value is -2.61. The molecule has 2 amide bonds. The van der Waals surface area contributed by atoms with E-state index in [9.17, 15) is 13.6 Å². The Morgan fingerprint density at radius 3 is 2.85 bits per heavy atom. The summed E-state index contributed by atoms with van der Waals surface area (Å²) in [7, 11) is 0. The number of hydrogen-bond donors (Lipinski definition) is 3. The van der Waals surface area contributed by atoms with Crippen LogP contribution in [0.1, 0.15) is 31.7 Å². The van der Waals surface area contributed by atoms with Gasteiger partial charge in [-0.2, -0.15) is 5.10 Å². The van der Waals surface area contributed by atoms with Crippen molar-refractivity contribution in [2.45, 2.75) is 37.6 Å². The minimum absolute atomic E-state index is 0.0704. The van der Waals surface area contributed by atoms with Crippen molar-refractivity contribution in [2.75, 3.05) is 10.6 Å². The molecular weight excluding hydrogens is 376 g/mol. The predicted octanol–water partition coefficient (Wildman–Crippen LogP) is 5.41. The molecule has 6 nitrogen and oxygen atoms in total. The lowest BCUT2D eigenvalue weighted by Crippen LogP contribution is -2.26. The molecule has 0 aliphatic heterocycles. The van der Waals surface area contributed by atoms with Crippen molar-refractivity contribution in [3.05, 3.63) is 41.8 Å². The maximum atomic E-state index is 13.3. The van der Waals surface area contributed by atoms with Gasteiger partial charge in [-0.3, -0.25) is 4.68 Å². The SMILES string of the molecule is O=C(Nc1cnn(C2CCC(F)(F)CC2)c1)Nc1c[nH]c2ccc(Cl)cc12. The predicted molar refractivity (Wildman–Crippen MR) is 101 cm³/mol. The van der Waals surface area contributed by atoms with Crippen LogP contribution in [0.5, 0.6) is 0 Å². The Bertz CT molecular complexity index is 973. The maximum absolute atomic E-state index is 13.3. The third-order valence-corrected chi connectivity index (χ3v) is 5.05. The van der Waals surface area contributed by atoms with Crippen LogP contribution in [0, 0.1) is 0 Å². The molecule has 0 unspecified atom stereocenters. The fourth-order valence-corrected chi connectivity index (χ4v) is 3.54. The molecule has 142 valence electrons. The van der Waals surface area contributed by atoms with E-state index in [-0.39, 0.29) is 18.9 Å². The number of benzene rings is 1. The van der Waals surface area contributed by atoms with E-state index in [1.807, 2.05) is 6.07 Å². The molecule has 0 atom stereocenters. The van der Waals surface area contributed by atoms with Crippen molar-refractivity contribution < 1.29 is 13.6 Å². The van der Waals surface area contributed by atoms with Gasteiger partial charge in [-0.25, -0.2) is 13.6 Å². The molecule has 1 aliphatic rings. The second-order valence-corrected chi connectivity index (χ2v) is 7.20. The van der Waals surface area contributed by atoms with Crippen LogP contribution in [-0.4, -0.2) is 26.7 Å². The molecule has 1 saturated carbocycles. The van der Waals surface area contributed by atoms with E-state index in [4.69, 9.17) is 11.6 Å². The van der Waals surface area contributed by atoms with Gasteiger partial charge in [-0.05, 0) is 31.0 Å². The van der Waals surface area contributed by atoms with E-state index in [2.05, 4.69) is 20.7 Å². The zero-order valence-electron chi connectivity index (χ0n) is 14.3. The largest absolute Gasteiger partial charge is 0.359 e. The molecule has 1 aromatic carbocycles. The number of aromatic nitrogens is 3. The molecule has 1 fully saturated rings. The smallest absolute Gasteiger partial charge is 0.323 e. The molecule has 0 saturated heterocycles. The van der Waals surface area contributed by atoms with Crippen molar-refractivity contribution in [2.24, 2.45) is 0 Å². The molecule has 0 bridgehead atoms. The average molecular weight is 394 g/mol. The lowest BCUT2D eigenvalue weighted by atomic mass is 9.92. The number of fused-ring (bicyclic) bond motifs is 1. The van der Waals surface area contributed by atoms with Crippen LogP contribution in [0.3, 0.4) is 0 Å². The van der Waals surface area contributed by atoms with Crippen LogP contribution < -0.4 is 10.6 Å². The summed E-state index contributed by atoms with van der Waals surface area (Å²) in [4.78, 5) is 15.3. The van der Waals surface area contributed by atoms with Crippen LogP contribution in [0.25, 0.3) is 10.9 Å². The van der Waals surface area contributed by atoms with E-state index in [1.54, 1.807) is 29.2 Å². The highest BCUT2D eigenvalue weighted by Crippen LogP contribution is 2.38. The Kier molecular flexibility index (Phi) is 4.51. The molecule has 1 aliphatic carbocycles. The van der Waals surface area contributed by atoms with Gasteiger partial charge in [0.05, 0.1) is 23.6 Å². The van der Waals surface area contributed by atoms with Gasteiger partial charge in [0.25, 0.3) is 0 Å². The number of aromatic amines is 1. The Labute approximate surface area is 158 Å². The molecule has 0 radical (unpaired) electrons. The number of rotatable bonds is 3. The topological polar surface area (TPSA) is 74.7 Å². The quantitative estimate of drug-likeness (QED) is 0.556. The van der Waals surface area contributed by atoms with E-state index in [0.29, 0.717) is 29.2 Å². The van der Waals surface area contributed by atoms with Crippen molar-refractivity contribution in [3.63, 3.8) is 0 Å². The van der Waals surface area contributed by atoms with Gasteiger partial charge in [-0.15, -0.1) is 0 Å². The summed E-state index contributed by atoms with van der Waals surface area (Å²) in [5.74, 6) is -2.58. The number of H-pyrrole nitrogens is 1. The van der Waals surface area contributed by atoms with Crippen molar-refractivity contribution in [1.82, 2.24) is 14.8 Å². The van der Waals surface area contributed by atoms with E-state index < -0.39 is 12.0 Å². The lowest BCUT2D eigenvalue weighted by Gasteiger charge is -2.28. The highest BCUT2D eigenvalue weighted by atomic mass is 35.5. The molecule has 3 aromatic rings. The van der Waals surface area contributed by atoms with E-state index in [1.165, 1.54) is 6.20 Å².